The zero-order valence-electron chi connectivity index (χ0n) is 15.1. The third-order valence-electron chi connectivity index (χ3n) is 3.69. The maximum atomic E-state index is 5.93. The highest BCUT2D eigenvalue weighted by atomic mass is 35.5. The zero-order chi connectivity index (χ0) is 18.2. The number of hydrogen-bond donors (Lipinski definition) is 1. The predicted molar refractivity (Wildman–Crippen MR) is 105 cm³/mol. The van der Waals surface area contributed by atoms with Gasteiger partial charge < -0.3 is 15.0 Å². The van der Waals surface area contributed by atoms with Crippen LogP contribution in [0.1, 0.15) is 36.2 Å². The highest BCUT2D eigenvalue weighted by Gasteiger charge is 2.12. The maximum Gasteiger partial charge on any atom is 0.194 e. The molecule has 1 aromatic carbocycles. The van der Waals surface area contributed by atoms with Crippen molar-refractivity contribution in [3.05, 3.63) is 50.9 Å². The number of halogens is 1. The van der Waals surface area contributed by atoms with Crippen molar-refractivity contribution in [1.82, 2.24) is 15.2 Å². The van der Waals surface area contributed by atoms with Crippen molar-refractivity contribution in [3.8, 4) is 0 Å². The van der Waals surface area contributed by atoms with Crippen molar-refractivity contribution in [3.63, 3.8) is 0 Å². The van der Waals surface area contributed by atoms with Crippen LogP contribution in [0.25, 0.3) is 0 Å². The highest BCUT2D eigenvalue weighted by molar-refractivity contribution is 7.09. The molecule has 0 aliphatic heterocycles. The lowest BCUT2D eigenvalue weighted by molar-refractivity contribution is 0.119. The SMILES string of the molecule is CCNC(=NCc1ccc(Cl)cc1)N(C)Cc1csc(C(C)OC)n1. The molecule has 1 aromatic heterocycles. The molecule has 0 saturated heterocycles. The molecule has 0 saturated carbocycles. The van der Waals surface area contributed by atoms with Crippen molar-refractivity contribution >= 4 is 28.9 Å². The van der Waals surface area contributed by atoms with E-state index in [0.717, 1.165) is 33.8 Å². The fourth-order valence-electron chi connectivity index (χ4n) is 2.23. The number of aliphatic imine (C=N–C) groups is 1. The quantitative estimate of drug-likeness (QED) is 0.580. The molecule has 0 aliphatic rings. The van der Waals surface area contributed by atoms with Crippen LogP contribution in [0.3, 0.4) is 0 Å². The predicted octanol–water partition coefficient (Wildman–Crippen LogP) is 4.10. The van der Waals surface area contributed by atoms with Crippen molar-refractivity contribution in [1.29, 1.82) is 0 Å². The summed E-state index contributed by atoms with van der Waals surface area (Å²) in [4.78, 5) is 11.4. The minimum atomic E-state index is 0.0239. The summed E-state index contributed by atoms with van der Waals surface area (Å²) in [5.74, 6) is 0.854. The molecule has 1 heterocycles. The number of nitrogens with zero attached hydrogens (tertiary/aromatic N) is 3. The molecule has 1 atom stereocenters. The van der Waals surface area contributed by atoms with Gasteiger partial charge in [-0.1, -0.05) is 23.7 Å². The molecule has 0 fully saturated rings. The van der Waals surface area contributed by atoms with Crippen molar-refractivity contribution < 1.29 is 4.74 Å². The number of rotatable bonds is 7. The molecule has 0 bridgehead atoms. The standard InChI is InChI=1S/C18H25ClN4OS/c1-5-20-18(21-10-14-6-8-15(19)9-7-14)23(3)11-16-12-25-17(22-16)13(2)24-4/h6-9,12-13H,5,10-11H2,1-4H3,(H,20,21). The van der Waals surface area contributed by atoms with Gasteiger partial charge in [-0.05, 0) is 31.5 Å². The first-order valence-corrected chi connectivity index (χ1v) is 9.50. The molecular weight excluding hydrogens is 356 g/mol. The fraction of sp³-hybridized carbons (Fsp3) is 0.444. The Morgan fingerprint density at radius 1 is 1.40 bits per heavy atom. The maximum absolute atomic E-state index is 5.93. The number of hydrogen-bond acceptors (Lipinski definition) is 4. The van der Waals surface area contributed by atoms with E-state index in [1.54, 1.807) is 18.4 Å². The number of ether oxygens (including phenoxy) is 1. The molecule has 7 heteroatoms. The second kappa shape index (κ2) is 9.75. The Morgan fingerprint density at radius 2 is 2.12 bits per heavy atom. The van der Waals surface area contributed by atoms with E-state index in [1.165, 1.54) is 0 Å². The molecule has 25 heavy (non-hydrogen) atoms. The molecule has 2 rings (SSSR count). The summed E-state index contributed by atoms with van der Waals surface area (Å²) < 4.78 is 5.33. The molecule has 2 aromatic rings. The zero-order valence-corrected chi connectivity index (χ0v) is 16.7. The number of methoxy groups -OCH3 is 1. The summed E-state index contributed by atoms with van der Waals surface area (Å²) in [7, 11) is 3.71. The van der Waals surface area contributed by atoms with Gasteiger partial charge in [0.1, 0.15) is 11.1 Å². The summed E-state index contributed by atoms with van der Waals surface area (Å²) in [6.45, 7) is 6.18. The third kappa shape index (κ3) is 5.99. The van der Waals surface area contributed by atoms with E-state index in [0.29, 0.717) is 13.1 Å². The van der Waals surface area contributed by atoms with Crippen LogP contribution in [0.2, 0.25) is 5.02 Å². The summed E-state index contributed by atoms with van der Waals surface area (Å²) in [6.07, 6.45) is 0.0239. The van der Waals surface area contributed by atoms with E-state index in [9.17, 15) is 0 Å². The number of nitrogens with one attached hydrogen (secondary N) is 1. The Hall–Kier alpha value is -1.63. The summed E-state index contributed by atoms with van der Waals surface area (Å²) >= 11 is 7.55. The average molecular weight is 381 g/mol. The number of guanidine groups is 1. The van der Waals surface area contributed by atoms with E-state index < -0.39 is 0 Å². The van der Waals surface area contributed by atoms with Gasteiger partial charge in [-0.25, -0.2) is 9.98 Å². The molecule has 1 N–H and O–H groups in total. The van der Waals surface area contributed by atoms with Gasteiger partial charge in [0.25, 0.3) is 0 Å². The topological polar surface area (TPSA) is 49.8 Å². The molecule has 0 aliphatic carbocycles. The van der Waals surface area contributed by atoms with Crippen molar-refractivity contribution in [2.24, 2.45) is 4.99 Å². The van der Waals surface area contributed by atoms with Crippen molar-refractivity contribution in [2.75, 3.05) is 20.7 Å². The Morgan fingerprint density at radius 3 is 2.76 bits per heavy atom. The Bertz CT molecular complexity index is 687. The van der Waals surface area contributed by atoms with Crippen LogP contribution in [-0.2, 0) is 17.8 Å². The number of benzene rings is 1. The lowest BCUT2D eigenvalue weighted by atomic mass is 10.2. The number of aromatic nitrogens is 1. The molecule has 0 amide bonds. The Labute approximate surface area is 158 Å². The van der Waals surface area contributed by atoms with E-state index in [-0.39, 0.29) is 6.10 Å². The molecule has 0 radical (unpaired) electrons. The molecule has 0 spiro atoms. The van der Waals surface area contributed by atoms with Gasteiger partial charge in [0.2, 0.25) is 0 Å². The lowest BCUT2D eigenvalue weighted by Gasteiger charge is -2.21. The van der Waals surface area contributed by atoms with E-state index >= 15 is 0 Å². The molecule has 5 nitrogen and oxygen atoms in total. The summed E-state index contributed by atoms with van der Waals surface area (Å²) in [5, 5.41) is 7.13. The largest absolute Gasteiger partial charge is 0.375 e. The first-order chi connectivity index (χ1) is 12.0. The Kier molecular flexibility index (Phi) is 7.68. The monoisotopic (exact) mass is 380 g/mol. The second-order valence-corrected chi connectivity index (χ2v) is 7.03. The number of thiazole rings is 1. The van der Waals surface area contributed by atoms with Gasteiger partial charge in [0.05, 0.1) is 18.8 Å². The van der Waals surface area contributed by atoms with Gasteiger partial charge in [0, 0.05) is 31.1 Å². The minimum absolute atomic E-state index is 0.0239. The van der Waals surface area contributed by atoms with Gasteiger partial charge in [-0.3, -0.25) is 0 Å². The summed E-state index contributed by atoms with van der Waals surface area (Å²) in [6, 6.07) is 7.76. The smallest absolute Gasteiger partial charge is 0.194 e. The Balaban J connectivity index is 2.03. The normalized spacial score (nSPS) is 12.9. The van der Waals surface area contributed by atoms with Crippen LogP contribution in [0.4, 0.5) is 0 Å². The van der Waals surface area contributed by atoms with Gasteiger partial charge >= 0.3 is 0 Å². The van der Waals surface area contributed by atoms with E-state index in [2.05, 4.69) is 27.5 Å². The van der Waals surface area contributed by atoms with Crippen LogP contribution in [-0.4, -0.2) is 36.5 Å². The van der Waals surface area contributed by atoms with Crippen LogP contribution < -0.4 is 5.32 Å². The first kappa shape index (κ1) is 19.7. The van der Waals surface area contributed by atoms with E-state index in [4.69, 9.17) is 21.3 Å². The van der Waals surface area contributed by atoms with Gasteiger partial charge in [0.15, 0.2) is 5.96 Å². The highest BCUT2D eigenvalue weighted by Crippen LogP contribution is 2.21. The summed E-state index contributed by atoms with van der Waals surface area (Å²) in [5.41, 5.74) is 2.14. The third-order valence-corrected chi connectivity index (χ3v) is 5.00. The van der Waals surface area contributed by atoms with Crippen LogP contribution in [0.5, 0.6) is 0 Å². The fourth-order valence-corrected chi connectivity index (χ4v) is 3.19. The first-order valence-electron chi connectivity index (χ1n) is 8.24. The second-order valence-electron chi connectivity index (χ2n) is 5.71. The van der Waals surface area contributed by atoms with Crippen LogP contribution in [0, 0.1) is 0 Å². The van der Waals surface area contributed by atoms with Gasteiger partial charge in [-0.2, -0.15) is 0 Å². The van der Waals surface area contributed by atoms with Crippen LogP contribution >= 0.6 is 22.9 Å². The van der Waals surface area contributed by atoms with E-state index in [1.807, 2.05) is 38.2 Å². The molecular formula is C18H25ClN4OS. The molecule has 136 valence electrons. The lowest BCUT2D eigenvalue weighted by Crippen LogP contribution is -2.38. The van der Waals surface area contributed by atoms with Crippen LogP contribution in [0.15, 0.2) is 34.6 Å². The van der Waals surface area contributed by atoms with Crippen molar-refractivity contribution in [2.45, 2.75) is 33.0 Å². The van der Waals surface area contributed by atoms with Gasteiger partial charge in [-0.15, -0.1) is 11.3 Å². The average Bonchev–Trinajstić information content (AvgIpc) is 3.07. The molecule has 1 unspecified atom stereocenters. The minimum Gasteiger partial charge on any atom is -0.375 e.